The summed E-state index contributed by atoms with van der Waals surface area (Å²) < 4.78 is 5.10. The maximum atomic E-state index is 10.1. The number of likely N-dealkylation sites (tertiary alicyclic amines) is 1. The molecule has 0 bridgehead atoms. The zero-order valence-corrected chi connectivity index (χ0v) is 10.4. The van der Waals surface area contributed by atoms with Gasteiger partial charge in [0.2, 0.25) is 0 Å². The van der Waals surface area contributed by atoms with Crippen LogP contribution in [0.25, 0.3) is 0 Å². The quantitative estimate of drug-likeness (QED) is 0.798. The Morgan fingerprint density at radius 3 is 2.12 bits per heavy atom. The molecule has 1 saturated heterocycles. The van der Waals surface area contributed by atoms with Gasteiger partial charge >= 0.3 is 0 Å². The Morgan fingerprint density at radius 2 is 1.71 bits per heavy atom. The Labute approximate surface area is 101 Å². The zero-order chi connectivity index (χ0) is 12.6. The van der Waals surface area contributed by atoms with Gasteiger partial charge in [0.1, 0.15) is 11.9 Å². The Hall–Kier alpha value is -1.10. The molecular formula is C13H19NO3. The highest BCUT2D eigenvalue weighted by Crippen LogP contribution is 2.35. The van der Waals surface area contributed by atoms with Crippen LogP contribution in [0.5, 0.6) is 5.75 Å². The Balaban J connectivity index is 2.26. The standard InChI is InChI=1S/C13H19NO3/c1-8-12(15)13(16)11(14(8)2)9-4-6-10(17-3)7-5-9/h4-8,11-13,15-16H,1-3H3/t8-,11-,12+,13-/m0/s1. The van der Waals surface area contributed by atoms with Gasteiger partial charge in [-0.3, -0.25) is 4.90 Å². The second kappa shape index (κ2) is 4.64. The molecule has 4 nitrogen and oxygen atoms in total. The van der Waals surface area contributed by atoms with Crippen LogP contribution in [0.15, 0.2) is 24.3 Å². The lowest BCUT2D eigenvalue weighted by Crippen LogP contribution is -2.30. The van der Waals surface area contributed by atoms with Crippen molar-refractivity contribution in [3.8, 4) is 5.75 Å². The van der Waals surface area contributed by atoms with E-state index in [9.17, 15) is 10.2 Å². The lowest BCUT2D eigenvalue weighted by molar-refractivity contribution is 0.0300. The summed E-state index contributed by atoms with van der Waals surface area (Å²) in [5.74, 6) is 0.789. The van der Waals surface area contributed by atoms with Gasteiger partial charge in [-0.15, -0.1) is 0 Å². The number of hydrogen-bond donors (Lipinski definition) is 2. The largest absolute Gasteiger partial charge is 0.497 e. The minimum atomic E-state index is -0.747. The normalized spacial score (nSPS) is 33.9. The van der Waals surface area contributed by atoms with E-state index in [1.807, 2.05) is 43.1 Å². The molecule has 1 aromatic rings. The van der Waals surface area contributed by atoms with Gasteiger partial charge in [-0.05, 0) is 31.7 Å². The predicted molar refractivity (Wildman–Crippen MR) is 65.0 cm³/mol. The van der Waals surface area contributed by atoms with Crippen molar-refractivity contribution < 1.29 is 14.9 Å². The molecule has 4 atom stereocenters. The molecule has 1 aromatic carbocycles. The number of likely N-dealkylation sites (N-methyl/N-ethyl adjacent to an activating group) is 1. The zero-order valence-electron chi connectivity index (χ0n) is 10.4. The molecule has 0 aromatic heterocycles. The Morgan fingerprint density at radius 1 is 1.12 bits per heavy atom. The first-order chi connectivity index (χ1) is 8.06. The fourth-order valence-electron chi connectivity index (χ4n) is 2.44. The van der Waals surface area contributed by atoms with Crippen LogP contribution in [0.2, 0.25) is 0 Å². The van der Waals surface area contributed by atoms with Crippen LogP contribution in [0.3, 0.4) is 0 Å². The number of hydrogen-bond acceptors (Lipinski definition) is 4. The van der Waals surface area contributed by atoms with Crippen LogP contribution < -0.4 is 4.74 Å². The van der Waals surface area contributed by atoms with Crippen molar-refractivity contribution in [1.29, 1.82) is 0 Å². The number of ether oxygens (including phenoxy) is 1. The number of methoxy groups -OCH3 is 1. The van der Waals surface area contributed by atoms with Crippen molar-refractivity contribution in [3.63, 3.8) is 0 Å². The Kier molecular flexibility index (Phi) is 3.38. The van der Waals surface area contributed by atoms with Crippen molar-refractivity contribution >= 4 is 0 Å². The van der Waals surface area contributed by atoms with Crippen molar-refractivity contribution in [2.24, 2.45) is 0 Å². The molecule has 2 N–H and O–H groups in total. The van der Waals surface area contributed by atoms with E-state index in [-0.39, 0.29) is 12.1 Å². The fraction of sp³-hybridized carbons (Fsp3) is 0.538. The van der Waals surface area contributed by atoms with Crippen molar-refractivity contribution in [3.05, 3.63) is 29.8 Å². The van der Waals surface area contributed by atoms with E-state index in [0.717, 1.165) is 11.3 Å². The first-order valence-electron chi connectivity index (χ1n) is 5.78. The van der Waals surface area contributed by atoms with Crippen molar-refractivity contribution in [1.82, 2.24) is 4.90 Å². The molecule has 94 valence electrons. The van der Waals surface area contributed by atoms with Crippen molar-refractivity contribution in [2.75, 3.05) is 14.2 Å². The average Bonchev–Trinajstić information content (AvgIpc) is 2.54. The molecule has 0 unspecified atom stereocenters. The molecule has 17 heavy (non-hydrogen) atoms. The summed E-state index contributed by atoms with van der Waals surface area (Å²) >= 11 is 0. The van der Waals surface area contributed by atoms with Crippen LogP contribution >= 0.6 is 0 Å². The summed E-state index contributed by atoms with van der Waals surface area (Å²) in [6, 6.07) is 7.38. The third kappa shape index (κ3) is 2.04. The van der Waals surface area contributed by atoms with Gasteiger partial charge in [-0.1, -0.05) is 12.1 Å². The van der Waals surface area contributed by atoms with E-state index in [2.05, 4.69) is 0 Å². The molecule has 0 radical (unpaired) electrons. The monoisotopic (exact) mass is 237 g/mol. The highest BCUT2D eigenvalue weighted by molar-refractivity contribution is 5.31. The van der Waals surface area contributed by atoms with E-state index < -0.39 is 12.2 Å². The van der Waals surface area contributed by atoms with Gasteiger partial charge in [0.05, 0.1) is 19.3 Å². The summed E-state index contributed by atoms with van der Waals surface area (Å²) in [6.45, 7) is 1.91. The maximum absolute atomic E-state index is 10.1. The van der Waals surface area contributed by atoms with Gasteiger partial charge in [0, 0.05) is 6.04 Å². The highest BCUT2D eigenvalue weighted by atomic mass is 16.5. The van der Waals surface area contributed by atoms with E-state index in [0.29, 0.717) is 0 Å². The molecule has 1 aliphatic rings. The van der Waals surface area contributed by atoms with E-state index in [4.69, 9.17) is 4.74 Å². The molecule has 0 amide bonds. The van der Waals surface area contributed by atoms with Crippen LogP contribution in [0.4, 0.5) is 0 Å². The van der Waals surface area contributed by atoms with E-state index >= 15 is 0 Å². The highest BCUT2D eigenvalue weighted by Gasteiger charge is 2.43. The summed E-state index contributed by atoms with van der Waals surface area (Å²) in [7, 11) is 3.54. The maximum Gasteiger partial charge on any atom is 0.118 e. The smallest absolute Gasteiger partial charge is 0.118 e. The number of benzene rings is 1. The number of aliphatic hydroxyl groups is 2. The summed E-state index contributed by atoms with van der Waals surface area (Å²) in [5.41, 5.74) is 0.990. The molecule has 1 fully saturated rings. The van der Waals surface area contributed by atoms with Gasteiger partial charge in [-0.25, -0.2) is 0 Å². The minimum absolute atomic E-state index is 0.0444. The third-order valence-corrected chi connectivity index (χ3v) is 3.71. The van der Waals surface area contributed by atoms with Gasteiger partial charge in [-0.2, -0.15) is 0 Å². The van der Waals surface area contributed by atoms with Crippen molar-refractivity contribution in [2.45, 2.75) is 31.2 Å². The van der Waals surface area contributed by atoms with Crippen LogP contribution in [-0.2, 0) is 0 Å². The molecule has 1 aliphatic heterocycles. The van der Waals surface area contributed by atoms with Crippen LogP contribution in [-0.4, -0.2) is 47.5 Å². The molecule has 0 aliphatic carbocycles. The van der Waals surface area contributed by atoms with Gasteiger partial charge in [0.25, 0.3) is 0 Å². The predicted octanol–water partition coefficient (Wildman–Crippen LogP) is 0.792. The molecule has 2 rings (SSSR count). The lowest BCUT2D eigenvalue weighted by atomic mass is 10.0. The van der Waals surface area contributed by atoms with E-state index in [1.54, 1.807) is 7.11 Å². The molecule has 0 spiro atoms. The average molecular weight is 237 g/mol. The second-order valence-electron chi connectivity index (χ2n) is 4.61. The molecular weight excluding hydrogens is 218 g/mol. The Bertz CT molecular complexity index is 365. The molecule has 0 saturated carbocycles. The van der Waals surface area contributed by atoms with Gasteiger partial charge in [0.15, 0.2) is 0 Å². The lowest BCUT2D eigenvalue weighted by Gasteiger charge is -2.24. The van der Waals surface area contributed by atoms with Gasteiger partial charge < -0.3 is 14.9 Å². The minimum Gasteiger partial charge on any atom is -0.497 e. The van der Waals surface area contributed by atoms with Crippen LogP contribution in [0.1, 0.15) is 18.5 Å². The topological polar surface area (TPSA) is 52.9 Å². The van der Waals surface area contributed by atoms with E-state index in [1.165, 1.54) is 0 Å². The van der Waals surface area contributed by atoms with Crippen LogP contribution in [0, 0.1) is 0 Å². The summed E-state index contributed by atoms with van der Waals surface area (Å²) in [5, 5.41) is 19.9. The molecule has 1 heterocycles. The number of nitrogens with zero attached hydrogens (tertiary/aromatic N) is 1. The summed E-state index contributed by atoms with van der Waals surface area (Å²) in [6.07, 6.45) is -1.45. The first kappa shape index (κ1) is 12.4. The summed E-state index contributed by atoms with van der Waals surface area (Å²) in [4.78, 5) is 2.00. The number of rotatable bonds is 2. The number of aliphatic hydroxyl groups excluding tert-OH is 2. The SMILES string of the molecule is COc1ccc([C@H]2[C@H](O)[C@H](O)[C@H](C)N2C)cc1. The third-order valence-electron chi connectivity index (χ3n) is 3.71. The fourth-order valence-corrected chi connectivity index (χ4v) is 2.44. The molecule has 4 heteroatoms. The first-order valence-corrected chi connectivity index (χ1v) is 5.78. The second-order valence-corrected chi connectivity index (χ2v) is 4.61.